The van der Waals surface area contributed by atoms with Gasteiger partial charge < -0.3 is 30.5 Å². The Morgan fingerprint density at radius 1 is 1.11 bits per heavy atom. The smallest absolute Gasteiger partial charge is 0.429 e. The van der Waals surface area contributed by atoms with E-state index in [-0.39, 0.29) is 28.5 Å². The van der Waals surface area contributed by atoms with Crippen LogP contribution in [-0.2, 0) is 4.79 Å². The molecule has 2 saturated heterocycles. The molecule has 4 N–H and O–H groups in total. The van der Waals surface area contributed by atoms with Crippen LogP contribution in [0.4, 0.5) is 24.9 Å². The maximum Gasteiger partial charge on any atom is 0.429 e. The van der Waals surface area contributed by atoms with Gasteiger partial charge in [-0.3, -0.25) is 4.79 Å². The summed E-state index contributed by atoms with van der Waals surface area (Å²) < 4.78 is 57.1. The van der Waals surface area contributed by atoms with Crippen LogP contribution in [-0.4, -0.2) is 69.3 Å². The summed E-state index contributed by atoms with van der Waals surface area (Å²) in [6.07, 6.45) is -3.71. The Balaban J connectivity index is 1.29. The van der Waals surface area contributed by atoms with Gasteiger partial charge in [0.15, 0.2) is 0 Å². The number of nitrogens with zero attached hydrogens (tertiary/aromatic N) is 5. The Hall–Kier alpha value is -4.85. The lowest BCUT2D eigenvalue weighted by Crippen LogP contribution is -2.41. The van der Waals surface area contributed by atoms with Crippen LogP contribution in [0.1, 0.15) is 43.5 Å². The van der Waals surface area contributed by atoms with Crippen molar-refractivity contribution in [3.63, 3.8) is 0 Å². The lowest BCUT2D eigenvalue weighted by molar-refractivity contribution is -0.198. The second-order valence-electron chi connectivity index (χ2n) is 12.1. The van der Waals surface area contributed by atoms with Gasteiger partial charge in [0.25, 0.3) is 0 Å². The molecule has 14 heteroatoms. The molecule has 0 bridgehead atoms. The van der Waals surface area contributed by atoms with Crippen molar-refractivity contribution in [1.29, 1.82) is 0 Å². The SMILES string of the molecule is CCOc1ccc(-c2ccc(C(Oc3cc(N4CCC5(CC4)CN[C@H](C(=O)O)C5)nc(N)n3)C(F)(F)F)c(-n3ccc(C)n3)c2)cc1. The summed E-state index contributed by atoms with van der Waals surface area (Å²) >= 11 is 0. The molecule has 1 unspecified atom stereocenters. The fourth-order valence-electron chi connectivity index (χ4n) is 6.37. The number of carboxylic acids is 1. The third kappa shape index (κ3) is 6.97. The van der Waals surface area contributed by atoms with Gasteiger partial charge in [-0.15, -0.1) is 0 Å². The number of piperidine rings is 1. The largest absolute Gasteiger partial charge is 0.494 e. The highest BCUT2D eigenvalue weighted by molar-refractivity contribution is 5.74. The molecule has 2 aromatic carbocycles. The Bertz CT molecular complexity index is 1740. The minimum atomic E-state index is -4.83. The van der Waals surface area contributed by atoms with Crippen molar-refractivity contribution in [3.8, 4) is 28.4 Å². The van der Waals surface area contributed by atoms with Crippen LogP contribution in [0.2, 0.25) is 0 Å². The zero-order valence-electron chi connectivity index (χ0n) is 26.0. The number of nitrogens with one attached hydrogen (secondary N) is 1. The van der Waals surface area contributed by atoms with E-state index in [1.807, 2.05) is 36.1 Å². The number of nitrogen functional groups attached to an aromatic ring is 1. The van der Waals surface area contributed by atoms with Gasteiger partial charge in [0.1, 0.15) is 17.6 Å². The number of aromatic nitrogens is 4. The van der Waals surface area contributed by atoms with Crippen molar-refractivity contribution < 1.29 is 32.5 Å². The third-order valence-corrected chi connectivity index (χ3v) is 8.83. The molecule has 2 aliphatic rings. The first-order valence-electron chi connectivity index (χ1n) is 15.4. The number of alkyl halides is 3. The van der Waals surface area contributed by atoms with E-state index in [1.54, 1.807) is 31.3 Å². The number of rotatable bonds is 9. The van der Waals surface area contributed by atoms with E-state index in [1.165, 1.54) is 16.8 Å². The van der Waals surface area contributed by atoms with E-state index < -0.39 is 24.3 Å². The van der Waals surface area contributed by atoms with Gasteiger partial charge in [0.2, 0.25) is 17.9 Å². The average Bonchev–Trinajstić information content (AvgIpc) is 3.66. The van der Waals surface area contributed by atoms with Gasteiger partial charge in [-0.2, -0.15) is 28.2 Å². The van der Waals surface area contributed by atoms with Crippen molar-refractivity contribution in [1.82, 2.24) is 25.1 Å². The molecule has 0 radical (unpaired) electrons. The Morgan fingerprint density at radius 3 is 2.45 bits per heavy atom. The summed E-state index contributed by atoms with van der Waals surface area (Å²) in [5.74, 6) is -0.373. The van der Waals surface area contributed by atoms with Gasteiger partial charge in [-0.05, 0) is 73.9 Å². The van der Waals surface area contributed by atoms with Crippen molar-refractivity contribution in [3.05, 3.63) is 72.1 Å². The second kappa shape index (κ2) is 12.7. The summed E-state index contributed by atoms with van der Waals surface area (Å²) in [6.45, 7) is 5.81. The predicted molar refractivity (Wildman–Crippen MR) is 169 cm³/mol. The molecule has 0 amide bonds. The molecule has 47 heavy (non-hydrogen) atoms. The molecule has 2 aliphatic heterocycles. The number of benzene rings is 2. The van der Waals surface area contributed by atoms with E-state index in [9.17, 15) is 23.1 Å². The Morgan fingerprint density at radius 2 is 1.83 bits per heavy atom. The number of halogens is 3. The number of aryl methyl sites for hydroxylation is 1. The summed E-state index contributed by atoms with van der Waals surface area (Å²) in [7, 11) is 0. The van der Waals surface area contributed by atoms with E-state index in [2.05, 4.69) is 20.4 Å². The van der Waals surface area contributed by atoms with Crippen molar-refractivity contribution in [2.45, 2.75) is 51.4 Å². The van der Waals surface area contributed by atoms with Crippen LogP contribution < -0.4 is 25.4 Å². The van der Waals surface area contributed by atoms with Gasteiger partial charge in [-0.1, -0.05) is 24.3 Å². The monoisotopic (exact) mass is 651 g/mol. The molecule has 2 aromatic heterocycles. The van der Waals surface area contributed by atoms with Crippen LogP contribution in [0, 0.1) is 12.3 Å². The highest BCUT2D eigenvalue weighted by Crippen LogP contribution is 2.43. The van der Waals surface area contributed by atoms with Crippen LogP contribution in [0.25, 0.3) is 16.8 Å². The molecule has 248 valence electrons. The second-order valence-corrected chi connectivity index (χ2v) is 12.1. The number of carbonyl (C=O) groups is 1. The maximum absolute atomic E-state index is 14.8. The fourth-order valence-corrected chi connectivity index (χ4v) is 6.37. The van der Waals surface area contributed by atoms with Crippen LogP contribution in [0.5, 0.6) is 11.6 Å². The molecular formula is C33H36F3N7O4. The minimum Gasteiger partial charge on any atom is -0.494 e. The number of aliphatic carboxylic acids is 1. The number of ether oxygens (including phenoxy) is 2. The van der Waals surface area contributed by atoms with Crippen LogP contribution in [0.3, 0.4) is 0 Å². The number of hydrogen-bond donors (Lipinski definition) is 3. The maximum atomic E-state index is 14.8. The Labute approximate surface area is 269 Å². The first kappa shape index (κ1) is 32.1. The standard InChI is InChI=1S/C33H36F3N7O4/c1-3-46-23-7-4-21(5-8-23)22-6-9-24(26(16-22)43-13-10-20(2)41-43)29(33(34,35)36)47-28-17-27(39-31(37)40-28)42-14-11-32(12-15-42)18-25(30(44)45)38-19-32/h4-10,13,16-17,25,29,38H,3,11-12,14-15,18-19H2,1-2H3,(H,44,45)(H2,37,39,40)/t25-,29?/m0/s1. The van der Waals surface area contributed by atoms with Gasteiger partial charge in [0.05, 0.1) is 18.0 Å². The van der Waals surface area contributed by atoms with E-state index in [0.717, 1.165) is 5.56 Å². The molecule has 2 fully saturated rings. The lowest BCUT2D eigenvalue weighted by Gasteiger charge is -2.39. The minimum absolute atomic E-state index is 0.155. The van der Waals surface area contributed by atoms with E-state index in [0.29, 0.717) is 68.3 Å². The molecule has 11 nitrogen and oxygen atoms in total. The van der Waals surface area contributed by atoms with Gasteiger partial charge in [0, 0.05) is 37.5 Å². The quantitative estimate of drug-likeness (QED) is 0.217. The predicted octanol–water partition coefficient (Wildman–Crippen LogP) is 5.33. The van der Waals surface area contributed by atoms with E-state index in [4.69, 9.17) is 15.2 Å². The van der Waals surface area contributed by atoms with Gasteiger partial charge >= 0.3 is 12.1 Å². The zero-order valence-corrected chi connectivity index (χ0v) is 26.0. The van der Waals surface area contributed by atoms with Gasteiger partial charge in [-0.25, -0.2) is 4.68 Å². The number of hydrogen-bond acceptors (Lipinski definition) is 9. The molecule has 4 heterocycles. The summed E-state index contributed by atoms with van der Waals surface area (Å²) in [6, 6.07) is 14.5. The molecule has 6 rings (SSSR count). The number of carboxylic acid groups (broad SMARTS) is 1. The topological polar surface area (TPSA) is 141 Å². The zero-order chi connectivity index (χ0) is 33.3. The number of nitrogens with two attached hydrogens (primary N) is 1. The normalized spacial score (nSPS) is 18.3. The van der Waals surface area contributed by atoms with Crippen molar-refractivity contribution >= 4 is 17.7 Å². The average molecular weight is 652 g/mol. The van der Waals surface area contributed by atoms with Crippen molar-refractivity contribution in [2.75, 3.05) is 36.9 Å². The van der Waals surface area contributed by atoms with Crippen LogP contribution >= 0.6 is 0 Å². The molecule has 4 aromatic rings. The van der Waals surface area contributed by atoms with Crippen molar-refractivity contribution in [2.24, 2.45) is 5.41 Å². The first-order valence-corrected chi connectivity index (χ1v) is 15.4. The molecule has 0 aliphatic carbocycles. The summed E-state index contributed by atoms with van der Waals surface area (Å²) in [5, 5.41) is 16.9. The summed E-state index contributed by atoms with van der Waals surface area (Å²) in [5.41, 5.74) is 7.98. The van der Waals surface area contributed by atoms with E-state index >= 15 is 0 Å². The fraction of sp³-hybridized carbons (Fsp3) is 0.394. The summed E-state index contributed by atoms with van der Waals surface area (Å²) in [4.78, 5) is 21.7. The molecule has 1 spiro atoms. The highest BCUT2D eigenvalue weighted by Gasteiger charge is 2.46. The third-order valence-electron chi connectivity index (χ3n) is 8.83. The lowest BCUT2D eigenvalue weighted by atomic mass is 9.76. The molecule has 0 saturated carbocycles. The highest BCUT2D eigenvalue weighted by atomic mass is 19.4. The van der Waals surface area contributed by atoms with Crippen LogP contribution in [0.15, 0.2) is 60.8 Å². The first-order chi connectivity index (χ1) is 22.4. The number of anilines is 2. The Kier molecular flexibility index (Phi) is 8.70. The molecular weight excluding hydrogens is 615 g/mol. The molecule has 2 atom stereocenters.